The first-order chi connectivity index (χ1) is 8.66. The number of rotatable bonds is 4. The summed E-state index contributed by atoms with van der Waals surface area (Å²) in [4.78, 5) is 4.25. The van der Waals surface area contributed by atoms with Crippen LogP contribution in [0.3, 0.4) is 0 Å². The Morgan fingerprint density at radius 3 is 2.67 bits per heavy atom. The van der Waals surface area contributed by atoms with Gasteiger partial charge in [-0.1, -0.05) is 24.3 Å². The number of benzene rings is 1. The summed E-state index contributed by atoms with van der Waals surface area (Å²) < 4.78 is 0. The molecule has 0 spiro atoms. The van der Waals surface area contributed by atoms with Crippen molar-refractivity contribution in [3.05, 3.63) is 58.9 Å². The van der Waals surface area contributed by atoms with Crippen LogP contribution in [-0.2, 0) is 13.1 Å². The smallest absolute Gasteiger partial charge is 0.122 e. The Balaban J connectivity index is 1.92. The maximum atomic E-state index is 9.88. The number of nitrogens with zero attached hydrogens (tertiary/aromatic N) is 1. The first kappa shape index (κ1) is 12.6. The molecule has 0 atom stereocenters. The van der Waals surface area contributed by atoms with Crippen molar-refractivity contribution in [1.82, 2.24) is 10.3 Å². The molecule has 0 radical (unpaired) electrons. The van der Waals surface area contributed by atoms with Gasteiger partial charge in [-0.05, 0) is 31.0 Å². The lowest BCUT2D eigenvalue weighted by Gasteiger charge is -2.08. The number of aromatic nitrogens is 1. The van der Waals surface area contributed by atoms with Gasteiger partial charge in [-0.25, -0.2) is 0 Å². The fourth-order valence-electron chi connectivity index (χ4n) is 1.81. The molecule has 1 heterocycles. The van der Waals surface area contributed by atoms with Crippen LogP contribution in [0.2, 0.25) is 0 Å². The van der Waals surface area contributed by atoms with Crippen LogP contribution in [0.4, 0.5) is 0 Å². The SMILES string of the molecule is Cc1ccc(CNCc2cccc(C)c2O)cn1. The Hall–Kier alpha value is -1.87. The van der Waals surface area contributed by atoms with E-state index in [-0.39, 0.29) is 0 Å². The molecule has 2 rings (SSSR count). The van der Waals surface area contributed by atoms with E-state index in [1.165, 1.54) is 0 Å². The minimum Gasteiger partial charge on any atom is -0.507 e. The van der Waals surface area contributed by atoms with Crippen molar-refractivity contribution >= 4 is 0 Å². The summed E-state index contributed by atoms with van der Waals surface area (Å²) in [6.45, 7) is 5.28. The number of hydrogen-bond acceptors (Lipinski definition) is 3. The van der Waals surface area contributed by atoms with Crippen LogP contribution >= 0.6 is 0 Å². The second-order valence-corrected chi connectivity index (χ2v) is 4.49. The Kier molecular flexibility index (Phi) is 3.95. The summed E-state index contributed by atoms with van der Waals surface area (Å²) in [5, 5.41) is 13.2. The van der Waals surface area contributed by atoms with Gasteiger partial charge >= 0.3 is 0 Å². The van der Waals surface area contributed by atoms with Gasteiger partial charge in [0, 0.05) is 30.5 Å². The quantitative estimate of drug-likeness (QED) is 0.866. The summed E-state index contributed by atoms with van der Waals surface area (Å²) in [6.07, 6.45) is 1.87. The number of phenolic OH excluding ortho intramolecular Hbond substituents is 1. The molecule has 18 heavy (non-hydrogen) atoms. The Morgan fingerprint density at radius 2 is 1.94 bits per heavy atom. The average molecular weight is 242 g/mol. The fourth-order valence-corrected chi connectivity index (χ4v) is 1.81. The molecule has 94 valence electrons. The minimum absolute atomic E-state index is 0.382. The molecule has 0 aliphatic carbocycles. The van der Waals surface area contributed by atoms with Gasteiger partial charge in [0.15, 0.2) is 0 Å². The maximum absolute atomic E-state index is 9.88. The third-order valence-electron chi connectivity index (χ3n) is 2.94. The molecular weight excluding hydrogens is 224 g/mol. The third kappa shape index (κ3) is 3.08. The molecule has 0 fully saturated rings. The van der Waals surface area contributed by atoms with Crippen LogP contribution in [0.15, 0.2) is 36.5 Å². The van der Waals surface area contributed by atoms with Gasteiger partial charge in [0.05, 0.1) is 0 Å². The number of phenols is 1. The van der Waals surface area contributed by atoms with E-state index in [4.69, 9.17) is 0 Å². The van der Waals surface area contributed by atoms with Crippen molar-refractivity contribution in [3.63, 3.8) is 0 Å². The highest BCUT2D eigenvalue weighted by atomic mass is 16.3. The highest BCUT2D eigenvalue weighted by molar-refractivity contribution is 5.39. The lowest BCUT2D eigenvalue weighted by atomic mass is 10.1. The van der Waals surface area contributed by atoms with Crippen molar-refractivity contribution < 1.29 is 5.11 Å². The second-order valence-electron chi connectivity index (χ2n) is 4.49. The number of aromatic hydroxyl groups is 1. The average Bonchev–Trinajstić information content (AvgIpc) is 2.37. The lowest BCUT2D eigenvalue weighted by Crippen LogP contribution is -2.13. The van der Waals surface area contributed by atoms with E-state index in [1.807, 2.05) is 44.3 Å². The highest BCUT2D eigenvalue weighted by Gasteiger charge is 2.02. The molecule has 0 amide bonds. The van der Waals surface area contributed by atoms with Gasteiger partial charge < -0.3 is 10.4 Å². The zero-order valence-corrected chi connectivity index (χ0v) is 10.8. The van der Waals surface area contributed by atoms with Crippen molar-refractivity contribution in [2.24, 2.45) is 0 Å². The van der Waals surface area contributed by atoms with Crippen LogP contribution in [0.25, 0.3) is 0 Å². The molecule has 2 aromatic rings. The number of pyridine rings is 1. The predicted molar refractivity (Wildman–Crippen MR) is 72.4 cm³/mol. The summed E-state index contributed by atoms with van der Waals surface area (Å²) in [6, 6.07) is 9.86. The number of aryl methyl sites for hydroxylation is 2. The molecule has 1 aromatic carbocycles. The van der Waals surface area contributed by atoms with E-state index < -0.39 is 0 Å². The Labute approximate surface area is 108 Å². The first-order valence-electron chi connectivity index (χ1n) is 6.06. The van der Waals surface area contributed by atoms with E-state index in [0.29, 0.717) is 12.3 Å². The summed E-state index contributed by atoms with van der Waals surface area (Å²) in [5.74, 6) is 0.382. The molecule has 2 N–H and O–H groups in total. The summed E-state index contributed by atoms with van der Waals surface area (Å²) in [7, 11) is 0. The third-order valence-corrected chi connectivity index (χ3v) is 2.94. The van der Waals surface area contributed by atoms with Gasteiger partial charge in [0.2, 0.25) is 0 Å². The molecule has 0 aliphatic heterocycles. The molecule has 0 saturated carbocycles. The van der Waals surface area contributed by atoms with Crippen molar-refractivity contribution in [2.75, 3.05) is 0 Å². The van der Waals surface area contributed by atoms with Crippen molar-refractivity contribution in [2.45, 2.75) is 26.9 Å². The Morgan fingerprint density at radius 1 is 1.11 bits per heavy atom. The fraction of sp³-hybridized carbons (Fsp3) is 0.267. The molecule has 3 nitrogen and oxygen atoms in total. The molecule has 0 unspecified atom stereocenters. The van der Waals surface area contributed by atoms with Crippen LogP contribution in [0.1, 0.15) is 22.4 Å². The number of para-hydroxylation sites is 1. The Bertz CT molecular complexity index is 521. The van der Waals surface area contributed by atoms with E-state index in [2.05, 4.69) is 16.4 Å². The van der Waals surface area contributed by atoms with Crippen LogP contribution in [-0.4, -0.2) is 10.1 Å². The van der Waals surface area contributed by atoms with Gasteiger partial charge in [0.1, 0.15) is 5.75 Å². The second kappa shape index (κ2) is 5.65. The first-order valence-corrected chi connectivity index (χ1v) is 6.06. The van der Waals surface area contributed by atoms with Gasteiger partial charge in [-0.3, -0.25) is 4.98 Å². The van der Waals surface area contributed by atoms with Crippen LogP contribution in [0, 0.1) is 13.8 Å². The van der Waals surface area contributed by atoms with E-state index >= 15 is 0 Å². The summed E-state index contributed by atoms with van der Waals surface area (Å²) in [5.41, 5.74) is 4.00. The monoisotopic (exact) mass is 242 g/mol. The normalized spacial score (nSPS) is 10.6. The number of nitrogens with one attached hydrogen (secondary N) is 1. The van der Waals surface area contributed by atoms with Gasteiger partial charge in [-0.15, -0.1) is 0 Å². The summed E-state index contributed by atoms with van der Waals surface area (Å²) >= 11 is 0. The zero-order valence-electron chi connectivity index (χ0n) is 10.8. The molecular formula is C15H18N2O. The van der Waals surface area contributed by atoms with E-state index in [1.54, 1.807) is 0 Å². The van der Waals surface area contributed by atoms with Gasteiger partial charge in [-0.2, -0.15) is 0 Å². The molecule has 0 bridgehead atoms. The number of hydrogen-bond donors (Lipinski definition) is 2. The van der Waals surface area contributed by atoms with E-state index in [0.717, 1.165) is 28.9 Å². The minimum atomic E-state index is 0.382. The molecule has 0 saturated heterocycles. The molecule has 1 aromatic heterocycles. The topological polar surface area (TPSA) is 45.1 Å². The lowest BCUT2D eigenvalue weighted by molar-refractivity contribution is 0.460. The van der Waals surface area contributed by atoms with Crippen LogP contribution in [0.5, 0.6) is 5.75 Å². The van der Waals surface area contributed by atoms with E-state index in [9.17, 15) is 5.11 Å². The van der Waals surface area contributed by atoms with Crippen LogP contribution < -0.4 is 5.32 Å². The zero-order chi connectivity index (χ0) is 13.0. The maximum Gasteiger partial charge on any atom is 0.122 e. The highest BCUT2D eigenvalue weighted by Crippen LogP contribution is 2.20. The predicted octanol–water partition coefficient (Wildman–Crippen LogP) is 2.69. The largest absolute Gasteiger partial charge is 0.507 e. The van der Waals surface area contributed by atoms with Gasteiger partial charge in [0.25, 0.3) is 0 Å². The molecule has 0 aliphatic rings. The standard InChI is InChI=1S/C15H18N2O/c1-11-4-3-5-14(15(11)18)10-16-8-13-7-6-12(2)17-9-13/h3-7,9,16,18H,8,10H2,1-2H3. The molecule has 3 heteroatoms. The van der Waals surface area contributed by atoms with Crippen molar-refractivity contribution in [1.29, 1.82) is 0 Å². The van der Waals surface area contributed by atoms with Crippen molar-refractivity contribution in [3.8, 4) is 5.75 Å².